The van der Waals surface area contributed by atoms with Crippen LogP contribution in [0.15, 0.2) is 0 Å². The quantitative estimate of drug-likeness (QED) is 0.656. The smallest absolute Gasteiger partial charge is 0.222 e. The van der Waals surface area contributed by atoms with E-state index < -0.39 is 0 Å². The molecule has 0 aromatic carbocycles. The third-order valence-electron chi connectivity index (χ3n) is 3.20. The Bertz CT molecular complexity index is 205. The Morgan fingerprint density at radius 1 is 1.23 bits per heavy atom. The van der Waals surface area contributed by atoms with Crippen LogP contribution in [-0.4, -0.2) is 34.6 Å². The number of nitrogens with zero attached hydrogens (tertiary/aromatic N) is 1. The molecule has 2 unspecified atom stereocenters. The maximum absolute atomic E-state index is 11.4. The van der Waals surface area contributed by atoms with Gasteiger partial charge < -0.3 is 10.0 Å². The summed E-state index contributed by atoms with van der Waals surface area (Å²) >= 11 is 0. The molecule has 1 aliphatic heterocycles. The number of carbonyl (C=O) groups excluding carboxylic acids is 1. The number of hydrogen-bond acceptors (Lipinski definition) is 2. The van der Waals surface area contributed by atoms with Crippen LogP contribution in [0.1, 0.15) is 38.5 Å². The largest absolute Gasteiger partial charge is 0.391 e. The topological polar surface area (TPSA) is 40.5 Å². The van der Waals surface area contributed by atoms with Crippen molar-refractivity contribution in [3.05, 3.63) is 0 Å². The first kappa shape index (κ1) is 9.00. The van der Waals surface area contributed by atoms with Crippen molar-refractivity contribution in [1.82, 2.24) is 4.90 Å². The predicted octanol–water partition coefficient (Wildman–Crippen LogP) is 0.912. The summed E-state index contributed by atoms with van der Waals surface area (Å²) in [5, 5.41) is 9.75. The fourth-order valence-corrected chi connectivity index (χ4v) is 2.47. The van der Waals surface area contributed by atoms with E-state index >= 15 is 0 Å². The summed E-state index contributed by atoms with van der Waals surface area (Å²) in [6, 6.07) is 0.128. The molecule has 0 aromatic rings. The van der Waals surface area contributed by atoms with Gasteiger partial charge in [0.1, 0.15) is 0 Å². The zero-order chi connectivity index (χ0) is 9.26. The Morgan fingerprint density at radius 3 is 2.62 bits per heavy atom. The molecule has 2 fully saturated rings. The average Bonchev–Trinajstić information content (AvgIpc) is 2.52. The summed E-state index contributed by atoms with van der Waals surface area (Å²) in [5.41, 5.74) is 0. The first-order valence-electron chi connectivity index (χ1n) is 5.26. The molecule has 0 aromatic heterocycles. The summed E-state index contributed by atoms with van der Waals surface area (Å²) in [7, 11) is 0. The zero-order valence-corrected chi connectivity index (χ0v) is 7.91. The maximum atomic E-state index is 11.4. The fourth-order valence-electron chi connectivity index (χ4n) is 2.47. The molecule has 1 aliphatic carbocycles. The molecule has 3 heteroatoms. The fraction of sp³-hybridized carbons (Fsp3) is 0.900. The van der Waals surface area contributed by atoms with E-state index in [-0.39, 0.29) is 18.1 Å². The van der Waals surface area contributed by atoms with Crippen molar-refractivity contribution < 1.29 is 9.90 Å². The van der Waals surface area contributed by atoms with Gasteiger partial charge in [-0.1, -0.05) is 12.8 Å². The minimum atomic E-state index is -0.268. The van der Waals surface area contributed by atoms with E-state index in [1.54, 1.807) is 0 Å². The lowest BCUT2D eigenvalue weighted by molar-refractivity contribution is -0.133. The summed E-state index contributed by atoms with van der Waals surface area (Å²) in [4.78, 5) is 13.3. The van der Waals surface area contributed by atoms with Crippen LogP contribution in [0.2, 0.25) is 0 Å². The molecule has 1 heterocycles. The van der Waals surface area contributed by atoms with Crippen LogP contribution >= 0.6 is 0 Å². The molecule has 2 rings (SSSR count). The Morgan fingerprint density at radius 2 is 2.00 bits per heavy atom. The van der Waals surface area contributed by atoms with Crippen LogP contribution in [0.5, 0.6) is 0 Å². The highest BCUT2D eigenvalue weighted by Crippen LogP contribution is 2.26. The van der Waals surface area contributed by atoms with E-state index in [0.717, 1.165) is 38.6 Å². The summed E-state index contributed by atoms with van der Waals surface area (Å²) < 4.78 is 0. The molecule has 1 N–H and O–H groups in total. The van der Waals surface area contributed by atoms with E-state index in [0.29, 0.717) is 6.42 Å². The number of amides is 1. The summed E-state index contributed by atoms with van der Waals surface area (Å²) in [6.45, 7) is 0.862. The van der Waals surface area contributed by atoms with Gasteiger partial charge in [-0.25, -0.2) is 0 Å². The van der Waals surface area contributed by atoms with E-state index in [2.05, 4.69) is 0 Å². The van der Waals surface area contributed by atoms with E-state index in [1.807, 2.05) is 4.90 Å². The minimum absolute atomic E-state index is 0.128. The van der Waals surface area contributed by atoms with Crippen molar-refractivity contribution in [2.24, 2.45) is 0 Å². The first-order chi connectivity index (χ1) is 6.29. The van der Waals surface area contributed by atoms with Crippen molar-refractivity contribution in [3.63, 3.8) is 0 Å². The van der Waals surface area contributed by atoms with Gasteiger partial charge in [0.2, 0.25) is 5.91 Å². The van der Waals surface area contributed by atoms with Gasteiger partial charge in [0, 0.05) is 13.0 Å². The molecule has 1 amide bonds. The van der Waals surface area contributed by atoms with Gasteiger partial charge in [0.05, 0.1) is 12.1 Å². The number of carbonyl (C=O) groups is 1. The zero-order valence-electron chi connectivity index (χ0n) is 7.91. The Labute approximate surface area is 78.7 Å². The van der Waals surface area contributed by atoms with Crippen molar-refractivity contribution in [3.8, 4) is 0 Å². The van der Waals surface area contributed by atoms with Crippen molar-refractivity contribution in [1.29, 1.82) is 0 Å². The number of aliphatic hydroxyl groups is 1. The first-order valence-corrected chi connectivity index (χ1v) is 5.26. The molecule has 0 spiro atoms. The average molecular weight is 183 g/mol. The molecular formula is C10H17NO2. The van der Waals surface area contributed by atoms with Gasteiger partial charge in [-0.05, 0) is 19.3 Å². The summed E-state index contributed by atoms with van der Waals surface area (Å²) in [6.07, 6.45) is 5.52. The molecule has 13 heavy (non-hydrogen) atoms. The van der Waals surface area contributed by atoms with Gasteiger partial charge in [0.25, 0.3) is 0 Å². The van der Waals surface area contributed by atoms with E-state index in [4.69, 9.17) is 0 Å². The number of likely N-dealkylation sites (tertiary alicyclic amines) is 1. The van der Waals surface area contributed by atoms with Crippen LogP contribution in [0.4, 0.5) is 0 Å². The van der Waals surface area contributed by atoms with Crippen LogP contribution in [-0.2, 0) is 4.79 Å². The minimum Gasteiger partial charge on any atom is -0.391 e. The molecule has 2 atom stereocenters. The molecular weight excluding hydrogens is 166 g/mol. The maximum Gasteiger partial charge on any atom is 0.222 e. The third-order valence-corrected chi connectivity index (χ3v) is 3.20. The van der Waals surface area contributed by atoms with Crippen LogP contribution in [0, 0.1) is 0 Å². The Hall–Kier alpha value is -0.570. The van der Waals surface area contributed by atoms with Crippen molar-refractivity contribution >= 4 is 5.91 Å². The normalized spacial score (nSPS) is 35.5. The van der Waals surface area contributed by atoms with Crippen molar-refractivity contribution in [2.45, 2.75) is 50.7 Å². The Balaban J connectivity index is 2.01. The van der Waals surface area contributed by atoms with E-state index in [1.165, 1.54) is 0 Å². The molecule has 2 aliphatic rings. The monoisotopic (exact) mass is 183 g/mol. The second kappa shape index (κ2) is 3.66. The third kappa shape index (κ3) is 1.70. The lowest BCUT2D eigenvalue weighted by atomic mass is 9.91. The van der Waals surface area contributed by atoms with Crippen molar-refractivity contribution in [2.75, 3.05) is 6.54 Å². The molecule has 3 nitrogen and oxygen atoms in total. The van der Waals surface area contributed by atoms with Crippen LogP contribution in [0.25, 0.3) is 0 Å². The molecule has 1 saturated heterocycles. The van der Waals surface area contributed by atoms with Gasteiger partial charge >= 0.3 is 0 Å². The van der Waals surface area contributed by atoms with Gasteiger partial charge in [-0.3, -0.25) is 4.79 Å². The summed E-state index contributed by atoms with van der Waals surface area (Å²) in [5.74, 6) is 0.242. The highest BCUT2D eigenvalue weighted by molar-refractivity contribution is 5.78. The van der Waals surface area contributed by atoms with Crippen LogP contribution < -0.4 is 0 Å². The highest BCUT2D eigenvalue weighted by atomic mass is 16.3. The molecule has 0 radical (unpaired) electrons. The number of aliphatic hydroxyl groups excluding tert-OH is 1. The predicted molar refractivity (Wildman–Crippen MR) is 49.2 cm³/mol. The Kier molecular flexibility index (Phi) is 2.54. The molecule has 1 saturated carbocycles. The molecule has 0 bridgehead atoms. The highest BCUT2D eigenvalue weighted by Gasteiger charge is 2.33. The number of rotatable bonds is 1. The SMILES string of the molecule is O=C1CCCN1C1CCCCC1O. The lowest BCUT2D eigenvalue weighted by Crippen LogP contribution is -2.45. The van der Waals surface area contributed by atoms with Gasteiger partial charge in [-0.2, -0.15) is 0 Å². The standard InChI is InChI=1S/C10H17NO2/c12-9-5-2-1-4-8(9)11-7-3-6-10(11)13/h8-9,12H,1-7H2. The van der Waals surface area contributed by atoms with E-state index in [9.17, 15) is 9.90 Å². The molecule has 74 valence electrons. The lowest BCUT2D eigenvalue weighted by Gasteiger charge is -2.34. The second-order valence-corrected chi connectivity index (χ2v) is 4.11. The van der Waals surface area contributed by atoms with Gasteiger partial charge in [0.15, 0.2) is 0 Å². The van der Waals surface area contributed by atoms with Crippen LogP contribution in [0.3, 0.4) is 0 Å². The van der Waals surface area contributed by atoms with Gasteiger partial charge in [-0.15, -0.1) is 0 Å². The second-order valence-electron chi connectivity index (χ2n) is 4.11. The number of hydrogen-bond donors (Lipinski definition) is 1.